The van der Waals surface area contributed by atoms with E-state index in [0.29, 0.717) is 13.0 Å². The summed E-state index contributed by atoms with van der Waals surface area (Å²) in [5.41, 5.74) is 11.4. The van der Waals surface area contributed by atoms with Crippen LogP contribution in [0, 0.1) is 0 Å². The highest BCUT2D eigenvalue weighted by Gasteiger charge is 2.20. The molecule has 84 valence electrons. The van der Waals surface area contributed by atoms with Crippen molar-refractivity contribution in [3.05, 3.63) is 16.3 Å². The summed E-state index contributed by atoms with van der Waals surface area (Å²) in [6.45, 7) is 4.56. The maximum atomic E-state index is 10.8. The van der Waals surface area contributed by atoms with Crippen LogP contribution in [-0.2, 0) is 11.3 Å². The van der Waals surface area contributed by atoms with E-state index in [0.717, 1.165) is 10.6 Å². The van der Waals surface area contributed by atoms with Gasteiger partial charge in [0.2, 0.25) is 5.91 Å². The van der Waals surface area contributed by atoms with Gasteiger partial charge in [0.1, 0.15) is 0 Å². The first-order valence-corrected chi connectivity index (χ1v) is 5.64. The van der Waals surface area contributed by atoms with Crippen LogP contribution in [0.4, 0.5) is 5.69 Å². The van der Waals surface area contributed by atoms with Crippen molar-refractivity contribution < 1.29 is 4.79 Å². The third-order valence-electron chi connectivity index (χ3n) is 2.12. The fraction of sp³-hybridized carbons (Fsp3) is 0.500. The number of nitrogens with one attached hydrogen (secondary N) is 1. The average Bonchev–Trinajstić information content (AvgIpc) is 2.45. The Balaban J connectivity index is 2.49. The van der Waals surface area contributed by atoms with Crippen LogP contribution < -0.4 is 16.8 Å². The minimum Gasteiger partial charge on any atom is -0.398 e. The van der Waals surface area contributed by atoms with Crippen molar-refractivity contribution in [3.63, 3.8) is 0 Å². The number of hydrogen-bond donors (Lipinski definition) is 3. The highest BCUT2D eigenvalue weighted by molar-refractivity contribution is 7.10. The second kappa shape index (κ2) is 4.63. The van der Waals surface area contributed by atoms with Crippen LogP contribution in [-0.4, -0.2) is 11.4 Å². The monoisotopic (exact) mass is 227 g/mol. The molecule has 1 rings (SSSR count). The van der Waals surface area contributed by atoms with Gasteiger partial charge in [0.15, 0.2) is 0 Å². The number of carbonyl (C=O) groups is 1. The van der Waals surface area contributed by atoms with E-state index in [2.05, 4.69) is 5.32 Å². The molecule has 1 aromatic rings. The fourth-order valence-electron chi connectivity index (χ4n) is 1.31. The van der Waals surface area contributed by atoms with Gasteiger partial charge in [-0.1, -0.05) is 0 Å². The molecule has 0 atom stereocenters. The molecule has 0 spiro atoms. The molecule has 15 heavy (non-hydrogen) atoms. The number of carbonyl (C=O) groups excluding carboxylic acids is 1. The predicted octanol–water partition coefficient (Wildman–Crippen LogP) is 1.07. The van der Waals surface area contributed by atoms with E-state index in [-0.39, 0.29) is 11.4 Å². The minimum absolute atomic E-state index is 0.289. The molecule has 0 unspecified atom stereocenters. The normalized spacial score (nSPS) is 11.6. The van der Waals surface area contributed by atoms with Gasteiger partial charge in [-0.05, 0) is 25.3 Å². The van der Waals surface area contributed by atoms with Crippen molar-refractivity contribution in [1.82, 2.24) is 5.32 Å². The Hall–Kier alpha value is -1.07. The van der Waals surface area contributed by atoms with E-state index in [4.69, 9.17) is 11.5 Å². The van der Waals surface area contributed by atoms with E-state index in [9.17, 15) is 4.79 Å². The molecule has 1 aromatic heterocycles. The van der Waals surface area contributed by atoms with E-state index in [1.165, 1.54) is 0 Å². The second-order valence-electron chi connectivity index (χ2n) is 4.18. The Morgan fingerprint density at radius 2 is 2.27 bits per heavy atom. The summed E-state index contributed by atoms with van der Waals surface area (Å²) in [6.07, 6.45) is 0.318. The zero-order valence-electron chi connectivity index (χ0n) is 9.04. The summed E-state index contributed by atoms with van der Waals surface area (Å²) in [5.74, 6) is -0.299. The highest BCUT2D eigenvalue weighted by atomic mass is 32.1. The third-order valence-corrected chi connectivity index (χ3v) is 3.06. The molecule has 1 amide bonds. The largest absolute Gasteiger partial charge is 0.398 e. The van der Waals surface area contributed by atoms with Crippen LogP contribution in [0.15, 0.2) is 11.4 Å². The third kappa shape index (κ3) is 3.89. The SMILES string of the molecule is CC(C)(CC(N)=O)NCc1sccc1N. The number of primary amides is 1. The molecular weight excluding hydrogens is 210 g/mol. The molecule has 0 bridgehead atoms. The quantitative estimate of drug-likeness (QED) is 0.704. The molecule has 0 radical (unpaired) electrons. The van der Waals surface area contributed by atoms with Gasteiger partial charge in [0, 0.05) is 29.1 Å². The number of hydrogen-bond acceptors (Lipinski definition) is 4. The molecule has 0 saturated heterocycles. The molecule has 5 heteroatoms. The molecular formula is C10H17N3OS. The van der Waals surface area contributed by atoms with Crippen LogP contribution >= 0.6 is 11.3 Å². The Labute approximate surface area is 93.7 Å². The van der Waals surface area contributed by atoms with Crippen LogP contribution in [0.3, 0.4) is 0 Å². The zero-order valence-corrected chi connectivity index (χ0v) is 9.86. The summed E-state index contributed by atoms with van der Waals surface area (Å²) in [4.78, 5) is 11.9. The molecule has 4 nitrogen and oxygen atoms in total. The lowest BCUT2D eigenvalue weighted by Gasteiger charge is -2.24. The lowest BCUT2D eigenvalue weighted by Crippen LogP contribution is -2.42. The van der Waals surface area contributed by atoms with Crippen molar-refractivity contribution in [1.29, 1.82) is 0 Å². The van der Waals surface area contributed by atoms with Crippen molar-refractivity contribution in [2.45, 2.75) is 32.4 Å². The van der Waals surface area contributed by atoms with Gasteiger partial charge in [0.05, 0.1) is 0 Å². The highest BCUT2D eigenvalue weighted by Crippen LogP contribution is 2.19. The van der Waals surface area contributed by atoms with Crippen molar-refractivity contribution >= 4 is 22.9 Å². The first-order chi connectivity index (χ1) is 6.91. The van der Waals surface area contributed by atoms with Crippen molar-refractivity contribution in [3.8, 4) is 0 Å². The molecule has 0 aliphatic heterocycles. The van der Waals surface area contributed by atoms with Gasteiger partial charge in [0.25, 0.3) is 0 Å². The van der Waals surface area contributed by atoms with Gasteiger partial charge in [-0.3, -0.25) is 4.79 Å². The van der Waals surface area contributed by atoms with Gasteiger partial charge in [-0.25, -0.2) is 0 Å². The lowest BCUT2D eigenvalue weighted by atomic mass is 10.0. The summed E-state index contributed by atoms with van der Waals surface area (Å²) in [6, 6.07) is 1.88. The number of nitrogen functional groups attached to an aromatic ring is 1. The molecule has 1 heterocycles. The topological polar surface area (TPSA) is 81.1 Å². The zero-order chi connectivity index (χ0) is 11.5. The standard InChI is InChI=1S/C10H17N3OS/c1-10(2,5-9(12)14)13-6-8-7(11)3-4-15-8/h3-4,13H,5-6,11H2,1-2H3,(H2,12,14). The minimum atomic E-state index is -0.299. The Bertz CT molecular complexity index is 346. The summed E-state index contributed by atoms with van der Waals surface area (Å²) < 4.78 is 0. The van der Waals surface area contributed by atoms with Gasteiger partial charge in [-0.15, -0.1) is 11.3 Å². The number of thiophene rings is 1. The first-order valence-electron chi connectivity index (χ1n) is 4.76. The van der Waals surface area contributed by atoms with E-state index in [1.54, 1.807) is 11.3 Å². The van der Waals surface area contributed by atoms with E-state index < -0.39 is 0 Å². The predicted molar refractivity (Wildman–Crippen MR) is 63.5 cm³/mol. The number of amides is 1. The average molecular weight is 227 g/mol. The van der Waals surface area contributed by atoms with E-state index in [1.807, 2.05) is 25.3 Å². The number of rotatable bonds is 5. The van der Waals surface area contributed by atoms with Gasteiger partial charge >= 0.3 is 0 Å². The second-order valence-corrected chi connectivity index (χ2v) is 5.18. The van der Waals surface area contributed by atoms with Crippen molar-refractivity contribution in [2.24, 2.45) is 5.73 Å². The smallest absolute Gasteiger partial charge is 0.219 e. The summed E-state index contributed by atoms with van der Waals surface area (Å²) in [7, 11) is 0. The molecule has 0 saturated carbocycles. The van der Waals surface area contributed by atoms with Crippen LogP contribution in [0.1, 0.15) is 25.1 Å². The maximum Gasteiger partial charge on any atom is 0.219 e. The van der Waals surface area contributed by atoms with Crippen LogP contribution in [0.25, 0.3) is 0 Å². The molecule has 0 aliphatic rings. The number of anilines is 1. The van der Waals surface area contributed by atoms with Crippen LogP contribution in [0.2, 0.25) is 0 Å². The molecule has 0 fully saturated rings. The fourth-order valence-corrected chi connectivity index (χ4v) is 2.05. The Morgan fingerprint density at radius 3 is 2.73 bits per heavy atom. The lowest BCUT2D eigenvalue weighted by molar-refractivity contribution is -0.119. The number of nitrogens with two attached hydrogens (primary N) is 2. The summed E-state index contributed by atoms with van der Waals surface area (Å²) in [5, 5.41) is 5.21. The first kappa shape index (κ1) is 12.0. The molecule has 5 N–H and O–H groups in total. The van der Waals surface area contributed by atoms with Gasteiger partial charge < -0.3 is 16.8 Å². The Kier molecular flexibility index (Phi) is 3.71. The van der Waals surface area contributed by atoms with Crippen LogP contribution in [0.5, 0.6) is 0 Å². The molecule has 0 aliphatic carbocycles. The Morgan fingerprint density at radius 1 is 1.60 bits per heavy atom. The van der Waals surface area contributed by atoms with E-state index >= 15 is 0 Å². The maximum absolute atomic E-state index is 10.8. The molecule has 0 aromatic carbocycles. The van der Waals surface area contributed by atoms with Crippen molar-refractivity contribution in [2.75, 3.05) is 5.73 Å². The van der Waals surface area contributed by atoms with Gasteiger partial charge in [-0.2, -0.15) is 0 Å². The summed E-state index contributed by atoms with van der Waals surface area (Å²) >= 11 is 1.61.